The molecule has 3 N–H and O–H groups in total. The van der Waals surface area contributed by atoms with E-state index >= 15 is 0 Å². The third-order valence-corrected chi connectivity index (χ3v) is 3.47. The van der Waals surface area contributed by atoms with Crippen molar-refractivity contribution in [3.63, 3.8) is 0 Å². The van der Waals surface area contributed by atoms with Crippen molar-refractivity contribution in [1.82, 2.24) is 4.98 Å². The van der Waals surface area contributed by atoms with E-state index in [9.17, 15) is 4.79 Å². The van der Waals surface area contributed by atoms with Crippen LogP contribution >= 0.6 is 0 Å². The Balaban J connectivity index is 1.89. The SMILES string of the molecule is NC1CCN(c2nccc3c2NC(=O)C3)CC1. The van der Waals surface area contributed by atoms with Gasteiger partial charge in [0.05, 0.1) is 12.1 Å². The average molecular weight is 232 g/mol. The van der Waals surface area contributed by atoms with Gasteiger partial charge in [-0.3, -0.25) is 4.79 Å². The van der Waals surface area contributed by atoms with Gasteiger partial charge in [0.2, 0.25) is 5.91 Å². The fourth-order valence-corrected chi connectivity index (χ4v) is 2.48. The number of carbonyl (C=O) groups excluding carboxylic acids is 1. The number of hydrogen-bond donors (Lipinski definition) is 2. The largest absolute Gasteiger partial charge is 0.355 e. The van der Waals surface area contributed by atoms with Gasteiger partial charge in [0.25, 0.3) is 0 Å². The van der Waals surface area contributed by atoms with Crippen LogP contribution in [0.5, 0.6) is 0 Å². The van der Waals surface area contributed by atoms with Crippen molar-refractivity contribution in [3.05, 3.63) is 17.8 Å². The molecule has 1 aromatic rings. The number of piperidine rings is 1. The third kappa shape index (κ3) is 1.86. The smallest absolute Gasteiger partial charge is 0.228 e. The van der Waals surface area contributed by atoms with Gasteiger partial charge in [-0.1, -0.05) is 0 Å². The number of amides is 1. The van der Waals surface area contributed by atoms with Crippen molar-refractivity contribution >= 4 is 17.4 Å². The van der Waals surface area contributed by atoms with Crippen LogP contribution in [0.4, 0.5) is 11.5 Å². The van der Waals surface area contributed by atoms with Gasteiger partial charge < -0.3 is 16.0 Å². The molecular formula is C12H16N4O. The van der Waals surface area contributed by atoms with E-state index in [1.54, 1.807) is 6.20 Å². The molecule has 0 radical (unpaired) electrons. The van der Waals surface area contributed by atoms with Gasteiger partial charge in [-0.05, 0) is 24.5 Å². The first-order valence-electron chi connectivity index (χ1n) is 6.02. The highest BCUT2D eigenvalue weighted by atomic mass is 16.1. The summed E-state index contributed by atoms with van der Waals surface area (Å²) >= 11 is 0. The van der Waals surface area contributed by atoms with Gasteiger partial charge in [0.1, 0.15) is 0 Å². The zero-order valence-electron chi connectivity index (χ0n) is 9.65. The molecule has 1 saturated heterocycles. The predicted octanol–water partition coefficient (Wildman–Crippen LogP) is 0.504. The van der Waals surface area contributed by atoms with E-state index in [4.69, 9.17) is 5.73 Å². The Morgan fingerprint density at radius 1 is 1.41 bits per heavy atom. The number of nitrogens with one attached hydrogen (secondary N) is 1. The Kier molecular flexibility index (Phi) is 2.48. The van der Waals surface area contributed by atoms with Crippen LogP contribution in [0.25, 0.3) is 0 Å². The van der Waals surface area contributed by atoms with E-state index < -0.39 is 0 Å². The van der Waals surface area contributed by atoms with Crippen LogP contribution in [-0.2, 0) is 11.2 Å². The number of nitrogens with zero attached hydrogens (tertiary/aromatic N) is 2. The molecule has 1 amide bonds. The molecule has 5 heteroatoms. The van der Waals surface area contributed by atoms with Gasteiger partial charge in [0.15, 0.2) is 5.82 Å². The van der Waals surface area contributed by atoms with Crippen LogP contribution in [0.3, 0.4) is 0 Å². The van der Waals surface area contributed by atoms with Gasteiger partial charge >= 0.3 is 0 Å². The lowest BCUT2D eigenvalue weighted by Gasteiger charge is -2.32. The summed E-state index contributed by atoms with van der Waals surface area (Å²) in [6, 6.07) is 2.21. The quantitative estimate of drug-likeness (QED) is 0.740. The first-order valence-corrected chi connectivity index (χ1v) is 6.02. The zero-order valence-corrected chi connectivity index (χ0v) is 9.65. The molecule has 2 aliphatic rings. The fraction of sp³-hybridized carbons (Fsp3) is 0.500. The number of fused-ring (bicyclic) bond motifs is 1. The molecule has 0 saturated carbocycles. The van der Waals surface area contributed by atoms with Crippen molar-refractivity contribution in [2.45, 2.75) is 25.3 Å². The van der Waals surface area contributed by atoms with Crippen molar-refractivity contribution in [2.75, 3.05) is 23.3 Å². The number of aromatic nitrogens is 1. The zero-order chi connectivity index (χ0) is 11.8. The first-order chi connectivity index (χ1) is 8.24. The second-order valence-corrected chi connectivity index (χ2v) is 4.72. The third-order valence-electron chi connectivity index (χ3n) is 3.47. The molecule has 1 fully saturated rings. The number of anilines is 2. The number of pyridine rings is 1. The lowest BCUT2D eigenvalue weighted by molar-refractivity contribution is -0.115. The minimum absolute atomic E-state index is 0.0583. The molecule has 3 rings (SSSR count). The van der Waals surface area contributed by atoms with E-state index in [1.807, 2.05) is 6.07 Å². The number of nitrogens with two attached hydrogens (primary N) is 1. The summed E-state index contributed by atoms with van der Waals surface area (Å²) in [5.74, 6) is 0.961. The molecule has 1 aromatic heterocycles. The number of rotatable bonds is 1. The van der Waals surface area contributed by atoms with Crippen LogP contribution in [0, 0.1) is 0 Å². The summed E-state index contributed by atoms with van der Waals surface area (Å²) in [7, 11) is 0. The van der Waals surface area contributed by atoms with Crippen molar-refractivity contribution < 1.29 is 4.79 Å². The van der Waals surface area contributed by atoms with Crippen LogP contribution in [0.1, 0.15) is 18.4 Å². The normalized spacial score (nSPS) is 20.3. The average Bonchev–Trinajstić information content (AvgIpc) is 2.70. The van der Waals surface area contributed by atoms with E-state index in [-0.39, 0.29) is 5.91 Å². The second kappa shape index (κ2) is 4.00. The highest BCUT2D eigenvalue weighted by Gasteiger charge is 2.26. The standard InChI is InChI=1S/C12H16N4O/c13-9-2-5-16(6-3-9)12-11-8(1-4-14-12)7-10(17)15-11/h1,4,9H,2-3,5-7,13H2,(H,15,17). The van der Waals surface area contributed by atoms with E-state index in [2.05, 4.69) is 15.2 Å². The minimum Gasteiger partial charge on any atom is -0.355 e. The van der Waals surface area contributed by atoms with Crippen LogP contribution < -0.4 is 16.0 Å². The minimum atomic E-state index is 0.0583. The summed E-state index contributed by atoms with van der Waals surface area (Å²) in [6.45, 7) is 1.83. The molecule has 2 aliphatic heterocycles. The maximum Gasteiger partial charge on any atom is 0.228 e. The van der Waals surface area contributed by atoms with E-state index in [0.29, 0.717) is 12.5 Å². The highest BCUT2D eigenvalue weighted by Crippen LogP contribution is 2.32. The maximum absolute atomic E-state index is 11.4. The lowest BCUT2D eigenvalue weighted by atomic mass is 10.1. The molecule has 0 aliphatic carbocycles. The van der Waals surface area contributed by atoms with Gasteiger partial charge in [0, 0.05) is 25.3 Å². The fourth-order valence-electron chi connectivity index (χ4n) is 2.48. The topological polar surface area (TPSA) is 71.2 Å². The van der Waals surface area contributed by atoms with Crippen molar-refractivity contribution in [3.8, 4) is 0 Å². The second-order valence-electron chi connectivity index (χ2n) is 4.72. The number of carbonyl (C=O) groups is 1. The maximum atomic E-state index is 11.4. The molecule has 3 heterocycles. The molecule has 0 bridgehead atoms. The molecule has 17 heavy (non-hydrogen) atoms. The Bertz CT molecular complexity index is 452. The highest BCUT2D eigenvalue weighted by molar-refractivity contribution is 6.02. The molecule has 0 aromatic carbocycles. The lowest BCUT2D eigenvalue weighted by Crippen LogP contribution is -2.40. The molecular weight excluding hydrogens is 216 g/mol. The van der Waals surface area contributed by atoms with Crippen LogP contribution in [0.2, 0.25) is 0 Å². The summed E-state index contributed by atoms with van der Waals surface area (Å²) in [5, 5.41) is 2.90. The monoisotopic (exact) mass is 232 g/mol. The van der Waals surface area contributed by atoms with E-state index in [1.165, 1.54) is 0 Å². The van der Waals surface area contributed by atoms with Crippen LogP contribution in [0.15, 0.2) is 12.3 Å². The summed E-state index contributed by atoms with van der Waals surface area (Å²) in [4.78, 5) is 18.0. The Morgan fingerprint density at radius 2 is 2.18 bits per heavy atom. The van der Waals surface area contributed by atoms with E-state index in [0.717, 1.165) is 43.0 Å². The summed E-state index contributed by atoms with van der Waals surface area (Å²) in [6.07, 6.45) is 4.22. The molecule has 0 spiro atoms. The Hall–Kier alpha value is -1.62. The first kappa shape index (κ1) is 10.5. The van der Waals surface area contributed by atoms with Gasteiger partial charge in [-0.2, -0.15) is 0 Å². The molecule has 5 nitrogen and oxygen atoms in total. The van der Waals surface area contributed by atoms with Gasteiger partial charge in [-0.25, -0.2) is 4.98 Å². The van der Waals surface area contributed by atoms with Crippen molar-refractivity contribution in [1.29, 1.82) is 0 Å². The van der Waals surface area contributed by atoms with Gasteiger partial charge in [-0.15, -0.1) is 0 Å². The summed E-state index contributed by atoms with van der Waals surface area (Å²) in [5.41, 5.74) is 7.84. The molecule has 0 atom stereocenters. The molecule has 0 unspecified atom stereocenters. The van der Waals surface area contributed by atoms with Crippen molar-refractivity contribution in [2.24, 2.45) is 5.73 Å². The number of hydrogen-bond acceptors (Lipinski definition) is 4. The van der Waals surface area contributed by atoms with Crippen LogP contribution in [-0.4, -0.2) is 30.0 Å². The predicted molar refractivity (Wildman–Crippen MR) is 66.0 cm³/mol. The Labute approximate surface area is 100 Å². The molecule has 90 valence electrons. The Morgan fingerprint density at radius 3 is 2.94 bits per heavy atom. The summed E-state index contributed by atoms with van der Waals surface area (Å²) < 4.78 is 0.